The monoisotopic (exact) mass is 343 g/mol. The van der Waals surface area contributed by atoms with Gasteiger partial charge in [-0.05, 0) is 45.4 Å². The average molecular weight is 343 g/mol. The summed E-state index contributed by atoms with van der Waals surface area (Å²) < 4.78 is 4.87. The fourth-order valence-electron chi connectivity index (χ4n) is 3.19. The summed E-state index contributed by atoms with van der Waals surface area (Å²) in [4.78, 5) is 21.0. The van der Waals surface area contributed by atoms with Gasteiger partial charge in [0.05, 0.1) is 5.69 Å². The van der Waals surface area contributed by atoms with Crippen LogP contribution < -0.4 is 5.32 Å². The van der Waals surface area contributed by atoms with E-state index in [1.165, 1.54) is 6.26 Å². The minimum Gasteiger partial charge on any atom is -0.362 e. The first-order valence-corrected chi connectivity index (χ1v) is 8.70. The molecule has 2 aromatic heterocycles. The van der Waals surface area contributed by atoms with E-state index >= 15 is 0 Å². The summed E-state index contributed by atoms with van der Waals surface area (Å²) in [5.74, 6) is 0.498. The highest BCUT2D eigenvalue weighted by Crippen LogP contribution is 2.19. The number of hydrogen-bond acceptors (Lipinski definition) is 5. The predicted octanol–water partition coefficient (Wildman–Crippen LogP) is 2.90. The molecule has 0 spiro atoms. The molecule has 2 amide bonds. The lowest BCUT2D eigenvalue weighted by molar-refractivity contribution is 0.200. The van der Waals surface area contributed by atoms with Crippen LogP contribution in [0.1, 0.15) is 30.5 Å². The van der Waals surface area contributed by atoms with Crippen molar-refractivity contribution in [2.24, 2.45) is 0 Å². The van der Waals surface area contributed by atoms with Crippen molar-refractivity contribution in [1.29, 1.82) is 0 Å². The molecule has 1 atom stereocenters. The van der Waals surface area contributed by atoms with Crippen LogP contribution >= 0.6 is 0 Å². The Morgan fingerprint density at radius 2 is 2.28 bits per heavy atom. The second-order valence-corrected chi connectivity index (χ2v) is 6.58. The van der Waals surface area contributed by atoms with Crippen molar-refractivity contribution in [2.45, 2.75) is 38.8 Å². The van der Waals surface area contributed by atoms with Crippen LogP contribution in [0.25, 0.3) is 0 Å². The lowest BCUT2D eigenvalue weighted by atomic mass is 10.1. The molecule has 1 N–H and O–H groups in total. The van der Waals surface area contributed by atoms with Gasteiger partial charge < -0.3 is 9.42 Å². The van der Waals surface area contributed by atoms with Crippen molar-refractivity contribution in [2.75, 3.05) is 25.5 Å². The molecule has 25 heavy (non-hydrogen) atoms. The second kappa shape index (κ2) is 8.11. The molecule has 3 rings (SSSR count). The number of rotatable bonds is 4. The van der Waals surface area contributed by atoms with E-state index in [0.29, 0.717) is 11.9 Å². The molecule has 1 aliphatic heterocycles. The number of amides is 2. The zero-order valence-corrected chi connectivity index (χ0v) is 14.8. The topological polar surface area (TPSA) is 74.5 Å². The molecule has 0 aromatic carbocycles. The second-order valence-electron chi connectivity index (χ2n) is 6.58. The maximum Gasteiger partial charge on any atom is 0.323 e. The van der Waals surface area contributed by atoms with Gasteiger partial charge in [-0.2, -0.15) is 0 Å². The van der Waals surface area contributed by atoms with Crippen LogP contribution in [0.4, 0.5) is 10.6 Å². The maximum atomic E-state index is 12.4. The number of nitrogens with one attached hydrogen (secondary N) is 1. The van der Waals surface area contributed by atoms with Gasteiger partial charge in [0.1, 0.15) is 6.26 Å². The zero-order chi connectivity index (χ0) is 17.6. The number of carbonyl (C=O) groups excluding carboxylic acids is 1. The van der Waals surface area contributed by atoms with E-state index in [9.17, 15) is 4.79 Å². The number of pyridine rings is 1. The third-order valence-electron chi connectivity index (χ3n) is 4.72. The molecule has 0 saturated carbocycles. The molecule has 7 heteroatoms. The average Bonchev–Trinajstić information content (AvgIpc) is 2.87. The normalized spacial score (nSPS) is 18.2. The van der Waals surface area contributed by atoms with Gasteiger partial charge >= 0.3 is 6.03 Å². The summed E-state index contributed by atoms with van der Waals surface area (Å²) in [6, 6.07) is 6.34. The Kier molecular flexibility index (Phi) is 5.65. The number of carbonyl (C=O) groups is 1. The highest BCUT2D eigenvalue weighted by molar-refractivity contribution is 5.88. The van der Waals surface area contributed by atoms with Crippen LogP contribution in [-0.4, -0.2) is 52.2 Å². The molecular formula is C18H25N5O2. The number of aromatic nitrogens is 2. The van der Waals surface area contributed by atoms with Crippen LogP contribution in [0, 0.1) is 6.92 Å². The molecule has 1 saturated heterocycles. The molecule has 2 aromatic rings. The number of hydrogen-bond donors (Lipinski definition) is 1. The smallest absolute Gasteiger partial charge is 0.323 e. The number of aryl methyl sites for hydroxylation is 1. The van der Waals surface area contributed by atoms with Crippen molar-refractivity contribution in [3.63, 3.8) is 0 Å². The van der Waals surface area contributed by atoms with E-state index in [4.69, 9.17) is 4.52 Å². The van der Waals surface area contributed by atoms with Gasteiger partial charge in [-0.3, -0.25) is 15.2 Å². The van der Waals surface area contributed by atoms with Gasteiger partial charge in [0, 0.05) is 37.4 Å². The molecule has 3 heterocycles. The molecule has 7 nitrogen and oxygen atoms in total. The number of nitrogens with zero attached hydrogens (tertiary/aromatic N) is 4. The van der Waals surface area contributed by atoms with E-state index < -0.39 is 0 Å². The molecule has 134 valence electrons. The third kappa shape index (κ3) is 4.57. The molecular weight excluding hydrogens is 318 g/mol. The first-order valence-electron chi connectivity index (χ1n) is 8.70. The minimum absolute atomic E-state index is 0.106. The van der Waals surface area contributed by atoms with Gasteiger partial charge in [0.2, 0.25) is 0 Å². The van der Waals surface area contributed by atoms with Crippen molar-refractivity contribution in [3.8, 4) is 0 Å². The lowest BCUT2D eigenvalue weighted by Gasteiger charge is -2.27. The fourth-order valence-corrected chi connectivity index (χ4v) is 3.19. The summed E-state index contributed by atoms with van der Waals surface area (Å²) in [5, 5.41) is 6.65. The standard InChI is InChI=1S/C18H25N5O2/c1-14-13-25-21-17(14)20-18(24)23-10-5-7-16(8-11-23)22(2)12-15-6-3-4-9-19-15/h3-4,6,9,13,16H,5,7-8,10-12H2,1-2H3,(H,20,21,24)/t16-/m1/s1. The Balaban J connectivity index is 1.53. The summed E-state index contributed by atoms with van der Waals surface area (Å²) in [7, 11) is 2.13. The Hall–Kier alpha value is -2.41. The van der Waals surface area contributed by atoms with Crippen molar-refractivity contribution in [1.82, 2.24) is 19.9 Å². The summed E-state index contributed by atoms with van der Waals surface area (Å²) in [5.41, 5.74) is 1.90. The molecule has 1 fully saturated rings. The van der Waals surface area contributed by atoms with Crippen LogP contribution in [0.5, 0.6) is 0 Å². The molecule has 0 radical (unpaired) electrons. The number of likely N-dealkylation sites (tertiary alicyclic amines) is 1. The van der Waals surface area contributed by atoms with Gasteiger partial charge in [0.15, 0.2) is 5.82 Å². The zero-order valence-electron chi connectivity index (χ0n) is 14.8. The number of urea groups is 1. The highest BCUT2D eigenvalue weighted by Gasteiger charge is 2.24. The molecule has 0 bridgehead atoms. The Bertz CT molecular complexity index is 688. The van der Waals surface area contributed by atoms with Gasteiger partial charge in [-0.15, -0.1) is 0 Å². The van der Waals surface area contributed by atoms with E-state index in [2.05, 4.69) is 27.4 Å². The summed E-state index contributed by atoms with van der Waals surface area (Å²) in [6.07, 6.45) is 6.38. The Labute approximate surface area is 148 Å². The van der Waals surface area contributed by atoms with Crippen LogP contribution in [0.15, 0.2) is 35.2 Å². The van der Waals surface area contributed by atoms with Gasteiger partial charge in [0.25, 0.3) is 0 Å². The quantitative estimate of drug-likeness (QED) is 0.924. The third-order valence-corrected chi connectivity index (χ3v) is 4.72. The lowest BCUT2D eigenvalue weighted by Crippen LogP contribution is -2.37. The van der Waals surface area contributed by atoms with Gasteiger partial charge in [-0.1, -0.05) is 11.2 Å². The summed E-state index contributed by atoms with van der Waals surface area (Å²) >= 11 is 0. The first-order chi connectivity index (χ1) is 12.1. The highest BCUT2D eigenvalue weighted by atomic mass is 16.5. The van der Waals surface area contributed by atoms with E-state index in [1.54, 1.807) is 0 Å². The summed E-state index contributed by atoms with van der Waals surface area (Å²) in [6.45, 7) is 4.18. The first kappa shape index (κ1) is 17.4. The van der Waals surface area contributed by atoms with Crippen molar-refractivity contribution < 1.29 is 9.32 Å². The van der Waals surface area contributed by atoms with E-state index in [-0.39, 0.29) is 6.03 Å². The van der Waals surface area contributed by atoms with Crippen LogP contribution in [0.2, 0.25) is 0 Å². The van der Waals surface area contributed by atoms with Crippen LogP contribution in [0.3, 0.4) is 0 Å². The predicted molar refractivity (Wildman–Crippen MR) is 95.2 cm³/mol. The van der Waals surface area contributed by atoms with Crippen molar-refractivity contribution in [3.05, 3.63) is 41.9 Å². The van der Waals surface area contributed by atoms with E-state index in [0.717, 1.165) is 50.2 Å². The fraction of sp³-hybridized carbons (Fsp3) is 0.500. The van der Waals surface area contributed by atoms with Gasteiger partial charge in [-0.25, -0.2) is 4.79 Å². The molecule has 1 aliphatic rings. The molecule has 0 aliphatic carbocycles. The number of anilines is 1. The SMILES string of the molecule is Cc1conc1NC(=O)N1CCC[C@@H](N(C)Cc2ccccn2)CC1. The maximum absolute atomic E-state index is 12.4. The largest absolute Gasteiger partial charge is 0.362 e. The van der Waals surface area contributed by atoms with E-state index in [1.807, 2.05) is 36.2 Å². The Morgan fingerprint density at radius 3 is 3.00 bits per heavy atom. The Morgan fingerprint density at radius 1 is 1.40 bits per heavy atom. The van der Waals surface area contributed by atoms with Crippen LogP contribution in [-0.2, 0) is 6.54 Å². The van der Waals surface area contributed by atoms with Crippen molar-refractivity contribution >= 4 is 11.8 Å². The minimum atomic E-state index is -0.106. The molecule has 0 unspecified atom stereocenters.